The third-order valence-electron chi connectivity index (χ3n) is 1.89. The van der Waals surface area contributed by atoms with E-state index < -0.39 is 39.8 Å². The number of nitrogens with one attached hydrogen (secondary N) is 1. The smallest absolute Gasteiger partial charge is 0.317 e. The molecule has 1 aromatic carbocycles. The number of rotatable bonds is 2. The summed E-state index contributed by atoms with van der Waals surface area (Å²) in [6, 6.07) is 0.802. The largest absolute Gasteiger partial charge is 0.463 e. The second kappa shape index (κ2) is 4.99. The normalized spacial score (nSPS) is 12.4. The van der Waals surface area contributed by atoms with Gasteiger partial charge in [0.25, 0.3) is 0 Å². The maximum atomic E-state index is 13.1. The maximum absolute atomic E-state index is 13.1. The lowest BCUT2D eigenvalue weighted by Crippen LogP contribution is -2.47. The van der Waals surface area contributed by atoms with Gasteiger partial charge in [-0.05, 0) is 22.0 Å². The van der Waals surface area contributed by atoms with Crippen molar-refractivity contribution in [3.05, 3.63) is 28.2 Å². The lowest BCUT2D eigenvalue weighted by atomic mass is 10.2. The van der Waals surface area contributed by atoms with Gasteiger partial charge >= 0.3 is 18.0 Å². The minimum Gasteiger partial charge on any atom is -0.317 e. The van der Waals surface area contributed by atoms with E-state index in [-0.39, 0.29) is 6.07 Å². The molecule has 0 bridgehead atoms. The zero-order valence-corrected chi connectivity index (χ0v) is 10.2. The Hall–Kier alpha value is -1.32. The number of halogens is 8. The molecule has 0 heterocycles. The second-order valence-electron chi connectivity index (χ2n) is 3.27. The molecule has 2 nitrogen and oxygen atoms in total. The highest BCUT2D eigenvalue weighted by atomic mass is 79.9. The molecule has 0 aliphatic rings. The van der Waals surface area contributed by atoms with Gasteiger partial charge in [0, 0.05) is 10.5 Å². The monoisotopic (exact) mass is 353 g/mol. The average molecular weight is 354 g/mol. The minimum absolute atomic E-state index is 0.214. The van der Waals surface area contributed by atoms with Crippen LogP contribution in [0.3, 0.4) is 0 Å². The fourth-order valence-electron chi connectivity index (χ4n) is 0.982. The number of benzene rings is 1. The molecule has 0 aromatic heterocycles. The second-order valence-corrected chi connectivity index (χ2v) is 4.13. The van der Waals surface area contributed by atoms with Gasteiger partial charge in [-0.15, -0.1) is 0 Å². The molecule has 1 amide bonds. The molecular formula is C9H3BrF7NO. The molecule has 0 spiro atoms. The number of anilines is 1. The predicted octanol–water partition coefficient (Wildman–Crippen LogP) is 3.86. The highest BCUT2D eigenvalue weighted by Crippen LogP contribution is 2.37. The molecule has 0 aliphatic carbocycles. The highest BCUT2D eigenvalue weighted by Gasteiger charge is 2.63. The van der Waals surface area contributed by atoms with Crippen molar-refractivity contribution in [3.63, 3.8) is 0 Å². The number of alkyl halides is 5. The number of hydrogen-bond acceptors (Lipinski definition) is 1. The lowest BCUT2D eigenvalue weighted by Gasteiger charge is -2.19. The summed E-state index contributed by atoms with van der Waals surface area (Å²) in [5.74, 6) is -11.1. The zero-order valence-electron chi connectivity index (χ0n) is 8.59. The third-order valence-corrected chi connectivity index (χ3v) is 2.51. The number of carbonyl (C=O) groups excluding carboxylic acids is 1. The first-order valence-electron chi connectivity index (χ1n) is 4.37. The lowest BCUT2D eigenvalue weighted by molar-refractivity contribution is -0.267. The van der Waals surface area contributed by atoms with Crippen molar-refractivity contribution >= 4 is 27.5 Å². The standard InChI is InChI=1S/C9H3BrF7NO/c10-4-1-3(11)2-5(12)6(4)18-7(19)8(13,14)9(15,16)17/h1-2H,(H,18,19). The van der Waals surface area contributed by atoms with Gasteiger partial charge in [-0.25, -0.2) is 8.78 Å². The van der Waals surface area contributed by atoms with E-state index >= 15 is 0 Å². The molecule has 19 heavy (non-hydrogen) atoms. The summed E-state index contributed by atoms with van der Waals surface area (Å²) < 4.78 is 86.1. The summed E-state index contributed by atoms with van der Waals surface area (Å²) in [7, 11) is 0. The Labute approximate surface area is 109 Å². The van der Waals surface area contributed by atoms with Crippen LogP contribution in [0.25, 0.3) is 0 Å². The Bertz CT molecular complexity index is 491. The number of amides is 1. The van der Waals surface area contributed by atoms with Gasteiger partial charge in [0.05, 0.1) is 5.69 Å². The molecule has 0 fully saturated rings. The van der Waals surface area contributed by atoms with E-state index in [0.29, 0.717) is 6.07 Å². The Morgan fingerprint density at radius 2 is 1.63 bits per heavy atom. The minimum atomic E-state index is -6.12. The maximum Gasteiger partial charge on any atom is 0.463 e. The van der Waals surface area contributed by atoms with Gasteiger partial charge in [0.15, 0.2) is 5.82 Å². The van der Waals surface area contributed by atoms with Crippen molar-refractivity contribution in [3.8, 4) is 0 Å². The van der Waals surface area contributed by atoms with Crippen LogP contribution in [-0.4, -0.2) is 18.0 Å². The Balaban J connectivity index is 3.08. The van der Waals surface area contributed by atoms with Gasteiger partial charge < -0.3 is 5.32 Å². The molecule has 0 aliphatic heterocycles. The molecule has 0 saturated carbocycles. The van der Waals surface area contributed by atoms with E-state index in [4.69, 9.17) is 0 Å². The fourth-order valence-corrected chi connectivity index (χ4v) is 1.49. The predicted molar refractivity (Wildman–Crippen MR) is 53.7 cm³/mol. The van der Waals surface area contributed by atoms with Crippen LogP contribution in [0, 0.1) is 11.6 Å². The van der Waals surface area contributed by atoms with Crippen molar-refractivity contribution in [1.82, 2.24) is 0 Å². The van der Waals surface area contributed by atoms with E-state index in [0.717, 1.165) is 5.32 Å². The SMILES string of the molecule is O=C(Nc1c(F)cc(F)cc1Br)C(F)(F)C(F)(F)F. The van der Waals surface area contributed by atoms with Crippen LogP contribution in [0.1, 0.15) is 0 Å². The molecule has 0 atom stereocenters. The first kappa shape index (κ1) is 15.7. The number of hydrogen-bond donors (Lipinski definition) is 1. The van der Waals surface area contributed by atoms with E-state index in [2.05, 4.69) is 15.9 Å². The molecule has 1 N–H and O–H groups in total. The third kappa shape index (κ3) is 3.17. The Morgan fingerprint density at radius 3 is 2.05 bits per heavy atom. The van der Waals surface area contributed by atoms with Crippen molar-refractivity contribution in [2.45, 2.75) is 12.1 Å². The van der Waals surface area contributed by atoms with E-state index in [1.165, 1.54) is 0 Å². The molecule has 0 saturated heterocycles. The fraction of sp³-hybridized carbons (Fsp3) is 0.222. The summed E-state index contributed by atoms with van der Waals surface area (Å²) in [6.07, 6.45) is -6.12. The number of carbonyl (C=O) groups is 1. The molecular weight excluding hydrogens is 351 g/mol. The van der Waals surface area contributed by atoms with Crippen molar-refractivity contribution < 1.29 is 35.5 Å². The van der Waals surface area contributed by atoms with Crippen LogP contribution in [0.5, 0.6) is 0 Å². The van der Waals surface area contributed by atoms with Crippen molar-refractivity contribution in [2.75, 3.05) is 5.32 Å². The summed E-state index contributed by atoms with van der Waals surface area (Å²) in [4.78, 5) is 10.8. The quantitative estimate of drug-likeness (QED) is 0.803. The molecule has 0 radical (unpaired) electrons. The van der Waals surface area contributed by atoms with E-state index in [1.807, 2.05) is 0 Å². The summed E-state index contributed by atoms with van der Waals surface area (Å²) in [5, 5.41) is 1.06. The van der Waals surface area contributed by atoms with Crippen molar-refractivity contribution in [2.24, 2.45) is 0 Å². The van der Waals surface area contributed by atoms with Crippen molar-refractivity contribution in [1.29, 1.82) is 0 Å². The van der Waals surface area contributed by atoms with Crippen LogP contribution < -0.4 is 5.32 Å². The van der Waals surface area contributed by atoms with Crippen LogP contribution in [0.4, 0.5) is 36.4 Å². The van der Waals surface area contributed by atoms with Crippen LogP contribution in [0.2, 0.25) is 0 Å². The highest BCUT2D eigenvalue weighted by molar-refractivity contribution is 9.10. The topological polar surface area (TPSA) is 29.1 Å². The molecule has 106 valence electrons. The molecule has 1 aromatic rings. The zero-order chi connectivity index (χ0) is 15.0. The Morgan fingerprint density at radius 1 is 1.11 bits per heavy atom. The van der Waals surface area contributed by atoms with E-state index in [1.54, 1.807) is 0 Å². The summed E-state index contributed by atoms with van der Waals surface area (Å²) in [5.41, 5.74) is -1.02. The van der Waals surface area contributed by atoms with Crippen LogP contribution >= 0.6 is 15.9 Å². The summed E-state index contributed by atoms with van der Waals surface area (Å²) >= 11 is 2.52. The van der Waals surface area contributed by atoms with E-state index in [9.17, 15) is 35.5 Å². The first-order valence-corrected chi connectivity index (χ1v) is 5.16. The molecule has 1 rings (SSSR count). The Kier molecular flexibility index (Phi) is 4.13. The molecule has 0 unspecified atom stereocenters. The van der Waals surface area contributed by atoms with Gasteiger partial charge in [-0.3, -0.25) is 4.79 Å². The summed E-state index contributed by atoms with van der Waals surface area (Å²) in [6.45, 7) is 0. The van der Waals surface area contributed by atoms with Gasteiger partial charge in [-0.1, -0.05) is 0 Å². The van der Waals surface area contributed by atoms with Crippen LogP contribution in [-0.2, 0) is 4.79 Å². The van der Waals surface area contributed by atoms with Gasteiger partial charge in [-0.2, -0.15) is 22.0 Å². The first-order chi connectivity index (χ1) is 8.46. The average Bonchev–Trinajstić information content (AvgIpc) is 2.21. The van der Waals surface area contributed by atoms with Crippen LogP contribution in [0.15, 0.2) is 16.6 Å². The van der Waals surface area contributed by atoms with Gasteiger partial charge in [0.1, 0.15) is 5.82 Å². The molecule has 10 heteroatoms. The van der Waals surface area contributed by atoms with Gasteiger partial charge in [0.2, 0.25) is 0 Å².